The summed E-state index contributed by atoms with van der Waals surface area (Å²) in [5.74, 6) is 0. The highest BCUT2D eigenvalue weighted by Gasteiger charge is 2.33. The highest BCUT2D eigenvalue weighted by atomic mass is 15.1. The van der Waals surface area contributed by atoms with Crippen LogP contribution in [0, 0.1) is 5.41 Å². The summed E-state index contributed by atoms with van der Waals surface area (Å²) in [6.45, 7) is 15.8. The van der Waals surface area contributed by atoms with Crippen LogP contribution < -0.4 is 0 Å². The lowest BCUT2D eigenvalue weighted by atomic mass is 9.73. The van der Waals surface area contributed by atoms with E-state index in [-0.39, 0.29) is 5.41 Å². The normalized spacial score (nSPS) is 21.9. The van der Waals surface area contributed by atoms with Crippen LogP contribution in [-0.2, 0) is 0 Å². The SMILES string of the molecule is C=CC(N(C)CC)C1(C)C=C(c2ccccc2C(=C)C)C=CC1. The standard InChI is InChI=1S/C22H29N/c1-7-21(23(6)8-2)22(5)15-11-12-18(16-22)20-14-10-9-13-19(20)17(3)4/h7,9-14,16,21H,1,3,8,15H2,2,4-6H3. The van der Waals surface area contributed by atoms with Gasteiger partial charge in [0.2, 0.25) is 0 Å². The Labute approximate surface area is 141 Å². The van der Waals surface area contributed by atoms with Crippen molar-refractivity contribution < 1.29 is 0 Å². The Morgan fingerprint density at radius 2 is 2.09 bits per heavy atom. The van der Waals surface area contributed by atoms with Gasteiger partial charge in [-0.1, -0.05) is 74.6 Å². The second-order valence-electron chi connectivity index (χ2n) is 6.79. The molecule has 1 aromatic rings. The Kier molecular flexibility index (Phi) is 5.43. The molecule has 0 aliphatic heterocycles. The second-order valence-corrected chi connectivity index (χ2v) is 6.79. The van der Waals surface area contributed by atoms with Crippen LogP contribution in [0.25, 0.3) is 11.1 Å². The van der Waals surface area contributed by atoms with Gasteiger partial charge in [0, 0.05) is 11.5 Å². The van der Waals surface area contributed by atoms with E-state index in [0.717, 1.165) is 18.5 Å². The van der Waals surface area contributed by atoms with Crippen LogP contribution in [0.1, 0.15) is 38.3 Å². The Bertz CT molecular complexity index is 650. The molecule has 1 aliphatic carbocycles. The van der Waals surface area contributed by atoms with Gasteiger partial charge in [-0.2, -0.15) is 0 Å². The van der Waals surface area contributed by atoms with Crippen molar-refractivity contribution in [2.45, 2.75) is 33.2 Å². The lowest BCUT2D eigenvalue weighted by Crippen LogP contribution is -2.42. The van der Waals surface area contributed by atoms with Crippen LogP contribution in [0.3, 0.4) is 0 Å². The molecule has 122 valence electrons. The summed E-state index contributed by atoms with van der Waals surface area (Å²) in [5, 5.41) is 0. The Balaban J connectivity index is 2.48. The van der Waals surface area contributed by atoms with Crippen LogP contribution in [0.4, 0.5) is 0 Å². The molecule has 0 heterocycles. The van der Waals surface area contributed by atoms with Gasteiger partial charge in [-0.05, 0) is 43.6 Å². The third kappa shape index (κ3) is 3.56. The molecule has 0 N–H and O–H groups in total. The van der Waals surface area contributed by atoms with E-state index < -0.39 is 0 Å². The van der Waals surface area contributed by atoms with Crippen LogP contribution in [-0.4, -0.2) is 24.5 Å². The molecule has 1 aromatic carbocycles. The van der Waals surface area contributed by atoms with E-state index in [2.05, 4.69) is 94.4 Å². The number of hydrogen-bond acceptors (Lipinski definition) is 1. The lowest BCUT2D eigenvalue weighted by molar-refractivity contribution is 0.181. The van der Waals surface area contributed by atoms with Crippen LogP contribution in [0.15, 0.2) is 61.7 Å². The highest BCUT2D eigenvalue weighted by Crippen LogP contribution is 2.40. The highest BCUT2D eigenvalue weighted by molar-refractivity contribution is 5.83. The molecule has 1 aliphatic rings. The number of hydrogen-bond donors (Lipinski definition) is 0. The van der Waals surface area contributed by atoms with Gasteiger partial charge in [0.25, 0.3) is 0 Å². The van der Waals surface area contributed by atoms with Gasteiger partial charge in [-0.15, -0.1) is 6.58 Å². The molecule has 0 amide bonds. The zero-order valence-electron chi connectivity index (χ0n) is 15.0. The maximum absolute atomic E-state index is 4.13. The van der Waals surface area contributed by atoms with E-state index in [1.807, 2.05) is 0 Å². The van der Waals surface area contributed by atoms with Crippen molar-refractivity contribution in [2.24, 2.45) is 5.41 Å². The smallest absolute Gasteiger partial charge is 0.0364 e. The zero-order chi connectivity index (χ0) is 17.0. The van der Waals surface area contributed by atoms with Crippen LogP contribution in [0.5, 0.6) is 0 Å². The van der Waals surface area contributed by atoms with Crippen molar-refractivity contribution in [3.63, 3.8) is 0 Å². The molecule has 0 saturated heterocycles. The summed E-state index contributed by atoms with van der Waals surface area (Å²) in [6.07, 6.45) is 10.1. The molecule has 2 rings (SSSR count). The quantitative estimate of drug-likeness (QED) is 0.620. The topological polar surface area (TPSA) is 3.24 Å². The molecular formula is C22H29N. The monoisotopic (exact) mass is 307 g/mol. The molecule has 1 heteroatoms. The minimum Gasteiger partial charge on any atom is -0.299 e. The summed E-state index contributed by atoms with van der Waals surface area (Å²) in [4.78, 5) is 2.37. The first kappa shape index (κ1) is 17.5. The van der Waals surface area contributed by atoms with Gasteiger partial charge in [0.1, 0.15) is 0 Å². The first-order chi connectivity index (χ1) is 10.9. The molecule has 0 bridgehead atoms. The molecule has 23 heavy (non-hydrogen) atoms. The first-order valence-electron chi connectivity index (χ1n) is 8.40. The predicted molar refractivity (Wildman–Crippen MR) is 103 cm³/mol. The molecule has 0 saturated carbocycles. The maximum atomic E-state index is 4.13. The van der Waals surface area contributed by atoms with Crippen molar-refractivity contribution in [3.05, 3.63) is 72.9 Å². The van der Waals surface area contributed by atoms with E-state index in [0.29, 0.717) is 6.04 Å². The van der Waals surface area contributed by atoms with Crippen LogP contribution >= 0.6 is 0 Å². The zero-order valence-corrected chi connectivity index (χ0v) is 15.0. The molecule has 2 atom stereocenters. The molecule has 2 unspecified atom stereocenters. The minimum absolute atomic E-state index is 0.0543. The van der Waals surface area contributed by atoms with E-state index in [1.54, 1.807) is 0 Å². The first-order valence-corrected chi connectivity index (χ1v) is 8.40. The Hall–Kier alpha value is -1.86. The Morgan fingerprint density at radius 3 is 2.70 bits per heavy atom. The molecular weight excluding hydrogens is 278 g/mol. The summed E-state index contributed by atoms with van der Waals surface area (Å²) in [6, 6.07) is 8.85. The summed E-state index contributed by atoms with van der Waals surface area (Å²) >= 11 is 0. The average Bonchev–Trinajstić information content (AvgIpc) is 2.55. The number of allylic oxidation sites excluding steroid dienone is 4. The Morgan fingerprint density at radius 1 is 1.39 bits per heavy atom. The molecule has 0 fully saturated rings. The summed E-state index contributed by atoms with van der Waals surface area (Å²) in [7, 11) is 2.17. The molecule has 0 spiro atoms. The van der Waals surface area contributed by atoms with Crippen molar-refractivity contribution in [1.29, 1.82) is 0 Å². The molecule has 0 aromatic heterocycles. The maximum Gasteiger partial charge on any atom is 0.0364 e. The van der Waals surface area contributed by atoms with E-state index in [4.69, 9.17) is 0 Å². The van der Waals surface area contributed by atoms with Gasteiger partial charge < -0.3 is 0 Å². The van der Waals surface area contributed by atoms with Crippen LogP contribution in [0.2, 0.25) is 0 Å². The van der Waals surface area contributed by atoms with Crippen molar-refractivity contribution in [2.75, 3.05) is 13.6 Å². The number of likely N-dealkylation sites (N-methyl/N-ethyl adjacent to an activating group) is 1. The fraction of sp³-hybridized carbons (Fsp3) is 0.364. The molecule has 1 nitrogen and oxygen atoms in total. The van der Waals surface area contributed by atoms with Gasteiger partial charge in [0.05, 0.1) is 0 Å². The van der Waals surface area contributed by atoms with Crippen molar-refractivity contribution >= 4 is 11.1 Å². The fourth-order valence-corrected chi connectivity index (χ4v) is 3.53. The average molecular weight is 307 g/mol. The van der Waals surface area contributed by atoms with Crippen molar-refractivity contribution in [1.82, 2.24) is 4.90 Å². The number of nitrogens with zero attached hydrogens (tertiary/aromatic N) is 1. The second kappa shape index (κ2) is 7.14. The van der Waals surface area contributed by atoms with E-state index >= 15 is 0 Å². The van der Waals surface area contributed by atoms with Gasteiger partial charge in [0.15, 0.2) is 0 Å². The number of rotatable bonds is 6. The van der Waals surface area contributed by atoms with Gasteiger partial charge >= 0.3 is 0 Å². The largest absolute Gasteiger partial charge is 0.299 e. The van der Waals surface area contributed by atoms with E-state index in [1.165, 1.54) is 16.7 Å². The fourth-order valence-electron chi connectivity index (χ4n) is 3.53. The summed E-state index contributed by atoms with van der Waals surface area (Å²) in [5.41, 5.74) is 4.94. The third-order valence-corrected chi connectivity index (χ3v) is 4.91. The third-order valence-electron chi connectivity index (χ3n) is 4.91. The van der Waals surface area contributed by atoms with E-state index in [9.17, 15) is 0 Å². The summed E-state index contributed by atoms with van der Waals surface area (Å²) < 4.78 is 0. The van der Waals surface area contributed by atoms with Gasteiger partial charge in [-0.25, -0.2) is 0 Å². The minimum atomic E-state index is 0.0543. The lowest BCUT2D eigenvalue weighted by Gasteiger charge is -2.40. The van der Waals surface area contributed by atoms with Gasteiger partial charge in [-0.3, -0.25) is 4.90 Å². The number of benzene rings is 1. The predicted octanol–water partition coefficient (Wildman–Crippen LogP) is 5.58. The molecule has 0 radical (unpaired) electrons. The van der Waals surface area contributed by atoms with Crippen molar-refractivity contribution in [3.8, 4) is 0 Å².